The number of ether oxygens (including phenoxy) is 1. The molecule has 9 heteroatoms. The number of rotatable bonds is 7. The van der Waals surface area contributed by atoms with Crippen LogP contribution < -0.4 is 10.6 Å². The van der Waals surface area contributed by atoms with Crippen molar-refractivity contribution < 1.29 is 9.37 Å². The van der Waals surface area contributed by atoms with E-state index in [1.807, 2.05) is 18.2 Å². The third kappa shape index (κ3) is 4.20. The first kappa shape index (κ1) is 18.6. The van der Waals surface area contributed by atoms with Crippen molar-refractivity contribution in [2.24, 2.45) is 0 Å². The number of fused-ring (bicyclic) bond motifs is 1. The van der Waals surface area contributed by atoms with Crippen molar-refractivity contribution in [1.82, 2.24) is 25.2 Å². The average Bonchev–Trinajstić information content (AvgIpc) is 3.19. The Balaban J connectivity index is 1.51. The van der Waals surface area contributed by atoms with E-state index in [1.54, 1.807) is 0 Å². The van der Waals surface area contributed by atoms with Crippen LogP contribution in [0.15, 0.2) is 35.0 Å². The van der Waals surface area contributed by atoms with E-state index in [9.17, 15) is 0 Å². The van der Waals surface area contributed by atoms with Crippen LogP contribution in [0, 0.1) is 0 Å². The summed E-state index contributed by atoms with van der Waals surface area (Å²) in [5.41, 5.74) is 1.87. The molecule has 28 heavy (non-hydrogen) atoms. The smallest absolute Gasteiger partial charge is 0.245 e. The number of aromatic nitrogens is 4. The summed E-state index contributed by atoms with van der Waals surface area (Å²) in [6, 6.07) is 10.1. The van der Waals surface area contributed by atoms with Gasteiger partial charge in [0.25, 0.3) is 0 Å². The highest BCUT2D eigenvalue weighted by Gasteiger charge is 2.28. The molecule has 1 saturated heterocycles. The lowest BCUT2D eigenvalue weighted by molar-refractivity contribution is -0.00570. The Bertz CT molecular complexity index is 907. The highest BCUT2D eigenvalue weighted by molar-refractivity contribution is 5.73. The van der Waals surface area contributed by atoms with Gasteiger partial charge in [0.05, 0.1) is 13.2 Å². The molecule has 3 aromatic rings. The van der Waals surface area contributed by atoms with E-state index in [-0.39, 0.29) is 5.54 Å². The summed E-state index contributed by atoms with van der Waals surface area (Å²) in [6.45, 7) is 9.15. The standard InChI is InChI=1S/C19H25N7O2/c1-19(2,26-8-10-27-11-9-26)13-21-16-15(20-12-14-6-4-3-5-7-14)22-17-18(23-16)25-28-24-17/h3-7H,8-13H2,1-2H3,(H,20,22,24)(H,21,23,25). The van der Waals surface area contributed by atoms with Gasteiger partial charge in [0.2, 0.25) is 11.3 Å². The molecule has 0 amide bonds. The van der Waals surface area contributed by atoms with E-state index >= 15 is 0 Å². The van der Waals surface area contributed by atoms with Crippen LogP contribution in [0.25, 0.3) is 11.3 Å². The lowest BCUT2D eigenvalue weighted by Crippen LogP contribution is -2.53. The van der Waals surface area contributed by atoms with E-state index in [0.29, 0.717) is 36.0 Å². The molecule has 1 fully saturated rings. The first-order valence-electron chi connectivity index (χ1n) is 9.47. The number of nitrogens with one attached hydrogen (secondary N) is 2. The molecule has 0 aliphatic carbocycles. The Labute approximate surface area is 163 Å². The Kier molecular flexibility index (Phi) is 5.36. The van der Waals surface area contributed by atoms with Crippen LogP contribution in [-0.4, -0.2) is 63.6 Å². The Morgan fingerprint density at radius 3 is 2.29 bits per heavy atom. The van der Waals surface area contributed by atoms with Crippen LogP contribution in [0.5, 0.6) is 0 Å². The maximum absolute atomic E-state index is 5.47. The highest BCUT2D eigenvalue weighted by atomic mass is 16.6. The van der Waals surface area contributed by atoms with Crippen molar-refractivity contribution in [3.8, 4) is 0 Å². The second kappa shape index (κ2) is 8.07. The topological polar surface area (TPSA) is 101 Å². The second-order valence-corrected chi connectivity index (χ2v) is 7.44. The average molecular weight is 383 g/mol. The first-order chi connectivity index (χ1) is 13.6. The number of nitrogens with zero attached hydrogens (tertiary/aromatic N) is 5. The zero-order valence-corrected chi connectivity index (χ0v) is 16.2. The van der Waals surface area contributed by atoms with Gasteiger partial charge in [0.1, 0.15) is 0 Å². The molecule has 2 aromatic heterocycles. The zero-order chi connectivity index (χ0) is 19.4. The van der Waals surface area contributed by atoms with E-state index in [1.165, 1.54) is 0 Å². The van der Waals surface area contributed by atoms with Gasteiger partial charge in [-0.1, -0.05) is 30.3 Å². The molecular weight excluding hydrogens is 358 g/mol. The summed E-state index contributed by atoms with van der Waals surface area (Å²) in [5.74, 6) is 1.27. The summed E-state index contributed by atoms with van der Waals surface area (Å²) in [4.78, 5) is 11.5. The predicted octanol–water partition coefficient (Wildman–Crippen LogP) is 2.15. The quantitative estimate of drug-likeness (QED) is 0.635. The van der Waals surface area contributed by atoms with Crippen LogP contribution in [-0.2, 0) is 11.3 Å². The summed E-state index contributed by atoms with van der Waals surface area (Å²) in [6.07, 6.45) is 0. The largest absolute Gasteiger partial charge is 0.379 e. The van der Waals surface area contributed by atoms with Crippen molar-refractivity contribution in [3.63, 3.8) is 0 Å². The zero-order valence-electron chi connectivity index (χ0n) is 16.2. The number of benzene rings is 1. The van der Waals surface area contributed by atoms with Crippen LogP contribution in [0.2, 0.25) is 0 Å². The first-order valence-corrected chi connectivity index (χ1v) is 9.47. The van der Waals surface area contributed by atoms with Gasteiger partial charge in [0, 0.05) is 31.7 Å². The van der Waals surface area contributed by atoms with Crippen LogP contribution >= 0.6 is 0 Å². The summed E-state index contributed by atoms with van der Waals surface area (Å²) in [5, 5.41) is 14.4. The van der Waals surface area contributed by atoms with Crippen molar-refractivity contribution >= 4 is 22.9 Å². The Morgan fingerprint density at radius 2 is 1.61 bits per heavy atom. The molecule has 0 saturated carbocycles. The fourth-order valence-electron chi connectivity index (χ4n) is 3.25. The highest BCUT2D eigenvalue weighted by Crippen LogP contribution is 2.23. The third-order valence-electron chi connectivity index (χ3n) is 4.97. The molecule has 1 aromatic carbocycles. The van der Waals surface area contributed by atoms with E-state index in [0.717, 1.165) is 31.9 Å². The maximum Gasteiger partial charge on any atom is 0.245 e. The maximum atomic E-state index is 5.47. The molecule has 2 N–H and O–H groups in total. The minimum atomic E-state index is -0.0564. The molecule has 148 valence electrons. The third-order valence-corrected chi connectivity index (χ3v) is 4.97. The molecule has 9 nitrogen and oxygen atoms in total. The van der Waals surface area contributed by atoms with Gasteiger partial charge in [0.15, 0.2) is 11.6 Å². The number of hydrogen-bond acceptors (Lipinski definition) is 9. The van der Waals surface area contributed by atoms with Gasteiger partial charge in [-0.15, -0.1) is 0 Å². The predicted molar refractivity (Wildman–Crippen MR) is 106 cm³/mol. The second-order valence-electron chi connectivity index (χ2n) is 7.44. The molecule has 0 unspecified atom stereocenters. The summed E-state index contributed by atoms with van der Waals surface area (Å²) in [7, 11) is 0. The minimum absolute atomic E-state index is 0.0564. The number of morpholine rings is 1. The molecule has 1 aliphatic rings. The molecule has 4 rings (SSSR count). The van der Waals surface area contributed by atoms with Crippen molar-refractivity contribution in [2.45, 2.75) is 25.9 Å². The SMILES string of the molecule is CC(C)(CNc1nc2nonc2nc1NCc1ccccc1)N1CCOCC1. The Morgan fingerprint density at radius 1 is 0.964 bits per heavy atom. The lowest BCUT2D eigenvalue weighted by atomic mass is 10.0. The minimum Gasteiger partial charge on any atom is -0.379 e. The van der Waals surface area contributed by atoms with Gasteiger partial charge >= 0.3 is 0 Å². The Hall–Kier alpha value is -2.78. The normalized spacial score (nSPS) is 15.6. The summed E-state index contributed by atoms with van der Waals surface area (Å²) >= 11 is 0. The molecular formula is C19H25N7O2. The van der Waals surface area contributed by atoms with Gasteiger partial charge < -0.3 is 15.4 Å². The van der Waals surface area contributed by atoms with Crippen molar-refractivity contribution in [3.05, 3.63) is 35.9 Å². The molecule has 0 spiro atoms. The van der Waals surface area contributed by atoms with E-state index < -0.39 is 0 Å². The van der Waals surface area contributed by atoms with Crippen LogP contribution in [0.3, 0.4) is 0 Å². The number of anilines is 2. The van der Waals surface area contributed by atoms with E-state index in [2.05, 4.69) is 61.8 Å². The molecule has 0 bridgehead atoms. The van der Waals surface area contributed by atoms with Crippen molar-refractivity contribution in [2.75, 3.05) is 43.5 Å². The lowest BCUT2D eigenvalue weighted by Gasteiger charge is -2.41. The molecule has 0 atom stereocenters. The molecule has 1 aliphatic heterocycles. The fourth-order valence-corrected chi connectivity index (χ4v) is 3.25. The van der Waals surface area contributed by atoms with Crippen molar-refractivity contribution in [1.29, 1.82) is 0 Å². The monoisotopic (exact) mass is 383 g/mol. The molecule has 3 heterocycles. The molecule has 0 radical (unpaired) electrons. The van der Waals surface area contributed by atoms with Gasteiger partial charge in [-0.25, -0.2) is 14.6 Å². The summed E-state index contributed by atoms with van der Waals surface area (Å²) < 4.78 is 10.2. The van der Waals surface area contributed by atoms with E-state index in [4.69, 9.17) is 9.37 Å². The van der Waals surface area contributed by atoms with Gasteiger partial charge in [-0.3, -0.25) is 4.90 Å². The van der Waals surface area contributed by atoms with Gasteiger partial charge in [-0.2, -0.15) is 0 Å². The number of hydrogen-bond donors (Lipinski definition) is 2. The van der Waals surface area contributed by atoms with Crippen LogP contribution in [0.4, 0.5) is 11.6 Å². The fraction of sp³-hybridized carbons (Fsp3) is 0.474. The van der Waals surface area contributed by atoms with Crippen LogP contribution in [0.1, 0.15) is 19.4 Å². The van der Waals surface area contributed by atoms with Gasteiger partial charge in [-0.05, 0) is 29.7 Å².